The zero-order valence-electron chi connectivity index (χ0n) is 21.9. The molecule has 1 fully saturated rings. The van der Waals surface area contributed by atoms with Crippen LogP contribution >= 0.6 is 11.9 Å². The molecule has 1 aromatic carbocycles. The SMILES string of the molecule is CC12CCCCCNc3nc(ccc3-n3cccn3)NC(=O)c3ccc(NSCCO)cc3N(CC1)CC2. The van der Waals surface area contributed by atoms with Crippen molar-refractivity contribution in [1.82, 2.24) is 14.8 Å². The van der Waals surface area contributed by atoms with E-state index < -0.39 is 0 Å². The summed E-state index contributed by atoms with van der Waals surface area (Å²) in [5.74, 6) is 1.61. The van der Waals surface area contributed by atoms with Crippen molar-refractivity contribution in [2.45, 2.75) is 45.4 Å². The third kappa shape index (κ3) is 6.24. The maximum Gasteiger partial charge on any atom is 0.258 e. The highest BCUT2D eigenvalue weighted by molar-refractivity contribution is 8.00. The summed E-state index contributed by atoms with van der Waals surface area (Å²) in [6.07, 6.45) is 10.5. The Labute approximate surface area is 228 Å². The minimum atomic E-state index is -0.183. The Morgan fingerprint density at radius 3 is 2.76 bits per heavy atom. The zero-order valence-corrected chi connectivity index (χ0v) is 22.8. The van der Waals surface area contributed by atoms with Crippen LogP contribution in [0.3, 0.4) is 0 Å². The molecule has 202 valence electrons. The van der Waals surface area contributed by atoms with E-state index in [1.165, 1.54) is 31.2 Å². The van der Waals surface area contributed by atoms with Crippen molar-refractivity contribution in [1.29, 1.82) is 0 Å². The fourth-order valence-corrected chi connectivity index (χ4v) is 5.74. The molecule has 3 aliphatic rings. The first-order chi connectivity index (χ1) is 18.5. The van der Waals surface area contributed by atoms with Crippen LogP contribution < -0.4 is 20.3 Å². The third-order valence-electron chi connectivity index (χ3n) is 7.55. The van der Waals surface area contributed by atoms with E-state index >= 15 is 0 Å². The molecule has 4 N–H and O–H groups in total. The summed E-state index contributed by atoms with van der Waals surface area (Å²) >= 11 is 1.45. The van der Waals surface area contributed by atoms with Crippen LogP contribution in [-0.2, 0) is 0 Å². The molecule has 0 saturated carbocycles. The highest BCUT2D eigenvalue weighted by Gasteiger charge is 2.31. The lowest BCUT2D eigenvalue weighted by molar-refractivity contribution is 0.102. The number of hydrogen-bond donors (Lipinski definition) is 4. The summed E-state index contributed by atoms with van der Waals surface area (Å²) in [6, 6.07) is 11.5. The number of aromatic nitrogens is 3. The molecular formula is C28H37N7O2S. The molecule has 2 aromatic heterocycles. The molecule has 0 spiro atoms. The molecular weight excluding hydrogens is 498 g/mol. The Morgan fingerprint density at radius 1 is 1.11 bits per heavy atom. The smallest absolute Gasteiger partial charge is 0.258 e. The Morgan fingerprint density at radius 2 is 1.97 bits per heavy atom. The first-order valence-corrected chi connectivity index (χ1v) is 14.5. The molecule has 6 rings (SSSR count). The second-order valence-corrected chi connectivity index (χ2v) is 11.3. The first kappa shape index (κ1) is 26.4. The van der Waals surface area contributed by atoms with Crippen molar-refractivity contribution in [2.75, 3.05) is 52.2 Å². The van der Waals surface area contributed by atoms with Crippen LogP contribution in [0, 0.1) is 5.41 Å². The molecule has 0 atom stereocenters. The summed E-state index contributed by atoms with van der Waals surface area (Å²) in [5.41, 5.74) is 3.65. The number of pyridine rings is 1. The topological polar surface area (TPSA) is 107 Å². The largest absolute Gasteiger partial charge is 0.395 e. The minimum Gasteiger partial charge on any atom is -0.395 e. The Bertz CT molecular complexity index is 1230. The molecule has 3 aromatic rings. The quantitative estimate of drug-likeness (QED) is 0.262. The Kier molecular flexibility index (Phi) is 8.38. The van der Waals surface area contributed by atoms with Crippen LogP contribution in [0.5, 0.6) is 0 Å². The van der Waals surface area contributed by atoms with E-state index in [1.807, 2.05) is 36.5 Å². The number of nitrogens with zero attached hydrogens (tertiary/aromatic N) is 4. The van der Waals surface area contributed by atoms with Crippen LogP contribution in [0.4, 0.5) is 23.0 Å². The van der Waals surface area contributed by atoms with Crippen molar-refractivity contribution in [2.24, 2.45) is 5.41 Å². The lowest BCUT2D eigenvalue weighted by atomic mass is 9.76. The van der Waals surface area contributed by atoms with Crippen LogP contribution in [0.2, 0.25) is 0 Å². The number of benzene rings is 1. The molecule has 4 bridgehead atoms. The number of anilines is 4. The second kappa shape index (κ2) is 12.1. The Hall–Kier alpha value is -3.24. The average molecular weight is 536 g/mol. The van der Waals surface area contributed by atoms with Gasteiger partial charge in [-0.15, -0.1) is 0 Å². The number of nitrogens with one attached hydrogen (secondary N) is 3. The number of amides is 1. The molecule has 0 unspecified atom stereocenters. The van der Waals surface area contributed by atoms with Gasteiger partial charge >= 0.3 is 0 Å². The molecule has 1 saturated heterocycles. The van der Waals surface area contributed by atoms with Crippen molar-refractivity contribution >= 4 is 40.9 Å². The Balaban J connectivity index is 1.47. The van der Waals surface area contributed by atoms with Gasteiger partial charge in [-0.3, -0.25) is 4.79 Å². The number of aliphatic hydroxyl groups is 1. The number of fused-ring (bicyclic) bond motifs is 8. The van der Waals surface area contributed by atoms with Gasteiger partial charge < -0.3 is 25.4 Å². The molecule has 5 heterocycles. The lowest BCUT2D eigenvalue weighted by Crippen LogP contribution is -2.39. The monoisotopic (exact) mass is 535 g/mol. The van der Waals surface area contributed by atoms with Crippen LogP contribution in [0.15, 0.2) is 48.8 Å². The average Bonchev–Trinajstić information content (AvgIpc) is 3.46. The number of carbonyl (C=O) groups is 1. The summed E-state index contributed by atoms with van der Waals surface area (Å²) in [5, 5.41) is 20.0. The van der Waals surface area contributed by atoms with Gasteiger partial charge in [0.15, 0.2) is 5.82 Å². The summed E-state index contributed by atoms with van der Waals surface area (Å²) < 4.78 is 5.08. The summed E-state index contributed by atoms with van der Waals surface area (Å²) in [7, 11) is 0. The van der Waals surface area contributed by atoms with E-state index in [0.717, 1.165) is 56.0 Å². The van der Waals surface area contributed by atoms with E-state index in [2.05, 4.69) is 38.3 Å². The third-order valence-corrected chi connectivity index (χ3v) is 8.32. The fraction of sp³-hybridized carbons (Fsp3) is 0.464. The van der Waals surface area contributed by atoms with E-state index in [0.29, 0.717) is 28.4 Å². The fourth-order valence-electron chi connectivity index (χ4n) is 5.26. The molecule has 0 aliphatic carbocycles. The number of piperidine rings is 1. The molecule has 10 heteroatoms. The van der Waals surface area contributed by atoms with Crippen molar-refractivity contribution in [3.05, 3.63) is 54.4 Å². The maximum atomic E-state index is 13.6. The van der Waals surface area contributed by atoms with Gasteiger partial charge in [-0.1, -0.05) is 31.7 Å². The number of hydrogen-bond acceptors (Lipinski definition) is 8. The van der Waals surface area contributed by atoms with E-state index in [9.17, 15) is 4.79 Å². The van der Waals surface area contributed by atoms with E-state index in [-0.39, 0.29) is 12.5 Å². The first-order valence-electron chi connectivity index (χ1n) is 13.5. The normalized spacial score (nSPS) is 17.7. The van der Waals surface area contributed by atoms with Crippen molar-refractivity contribution in [3.63, 3.8) is 0 Å². The minimum absolute atomic E-state index is 0.110. The lowest BCUT2D eigenvalue weighted by Gasteiger charge is -2.41. The number of carbonyl (C=O) groups excluding carboxylic acids is 1. The van der Waals surface area contributed by atoms with Gasteiger partial charge in [-0.25, -0.2) is 9.67 Å². The van der Waals surface area contributed by atoms with Crippen LogP contribution in [-0.4, -0.2) is 57.8 Å². The summed E-state index contributed by atoms with van der Waals surface area (Å²) in [6.45, 7) is 5.19. The molecule has 9 nitrogen and oxygen atoms in total. The second-order valence-electron chi connectivity index (χ2n) is 10.4. The van der Waals surface area contributed by atoms with Gasteiger partial charge in [0.1, 0.15) is 11.5 Å². The highest BCUT2D eigenvalue weighted by Crippen LogP contribution is 2.39. The van der Waals surface area contributed by atoms with Gasteiger partial charge in [0, 0.05) is 43.5 Å². The van der Waals surface area contributed by atoms with Gasteiger partial charge in [0.05, 0.1) is 17.9 Å². The van der Waals surface area contributed by atoms with Crippen LogP contribution in [0.25, 0.3) is 5.69 Å². The molecule has 3 aliphatic heterocycles. The highest BCUT2D eigenvalue weighted by atomic mass is 32.2. The predicted molar refractivity (Wildman–Crippen MR) is 155 cm³/mol. The van der Waals surface area contributed by atoms with E-state index in [1.54, 1.807) is 10.9 Å². The number of rotatable bonds is 5. The van der Waals surface area contributed by atoms with Gasteiger partial charge in [-0.05, 0) is 67.5 Å². The van der Waals surface area contributed by atoms with Crippen LogP contribution in [0.1, 0.15) is 55.8 Å². The van der Waals surface area contributed by atoms with Crippen molar-refractivity contribution < 1.29 is 9.90 Å². The zero-order chi connectivity index (χ0) is 26.4. The van der Waals surface area contributed by atoms with Gasteiger partial charge in [0.25, 0.3) is 5.91 Å². The van der Waals surface area contributed by atoms with Gasteiger partial charge in [-0.2, -0.15) is 5.10 Å². The number of aliphatic hydroxyl groups excluding tert-OH is 1. The van der Waals surface area contributed by atoms with Gasteiger partial charge in [0.2, 0.25) is 0 Å². The maximum absolute atomic E-state index is 13.6. The van der Waals surface area contributed by atoms with Crippen molar-refractivity contribution in [3.8, 4) is 5.69 Å². The van der Waals surface area contributed by atoms with E-state index in [4.69, 9.17) is 10.1 Å². The molecule has 38 heavy (non-hydrogen) atoms. The predicted octanol–water partition coefficient (Wildman–Crippen LogP) is 5.16. The molecule has 1 amide bonds. The summed E-state index contributed by atoms with van der Waals surface area (Å²) in [4.78, 5) is 20.7. The molecule has 0 radical (unpaired) electrons. The standard InChI is InChI=1S/C28H37N7O2S/c1-28-10-3-2-4-13-29-26-23(35-15-5-14-30-35)8-9-25(31-26)32-27(37)22-7-6-21(33-38-19-18-36)20-24(22)34(16-11-28)17-12-28/h5-9,14-15,20,33,36H,2-4,10-13,16-19H2,1H3,(H2,29,31,32,37).